The summed E-state index contributed by atoms with van der Waals surface area (Å²) in [6, 6.07) is 8.19. The first-order valence-electron chi connectivity index (χ1n) is 5.36. The third kappa shape index (κ3) is 4.31. The van der Waals surface area contributed by atoms with Crippen LogP contribution in [0, 0.1) is 5.92 Å². The minimum Gasteiger partial charge on any atom is -0.496 e. The molecule has 0 saturated heterocycles. The average Bonchev–Trinajstić information content (AvgIpc) is 2.21. The molecule has 0 N–H and O–H groups in total. The molecule has 0 radical (unpaired) electrons. The molecule has 14 heavy (non-hydrogen) atoms. The largest absolute Gasteiger partial charge is 0.496 e. The van der Waals surface area contributed by atoms with Gasteiger partial charge in [0.05, 0.1) is 7.11 Å². The maximum Gasteiger partial charge on any atom is 0.122 e. The van der Waals surface area contributed by atoms with Crippen LogP contribution in [-0.2, 0) is 6.42 Å². The molecule has 0 fully saturated rings. The van der Waals surface area contributed by atoms with Gasteiger partial charge >= 0.3 is 0 Å². The van der Waals surface area contributed by atoms with Gasteiger partial charge in [0.2, 0.25) is 0 Å². The zero-order chi connectivity index (χ0) is 11.0. The Balaban J connectivity index is 0.000000791. The molecular weight excluding hydrogens is 172 g/mol. The van der Waals surface area contributed by atoms with E-state index < -0.39 is 0 Å². The highest BCUT2D eigenvalue weighted by molar-refractivity contribution is 5.33. The second-order valence-corrected chi connectivity index (χ2v) is 3.41. The lowest BCUT2D eigenvalue weighted by atomic mass is 10.0. The van der Waals surface area contributed by atoms with Crippen LogP contribution in [0.4, 0.5) is 0 Å². The van der Waals surface area contributed by atoms with Crippen LogP contribution < -0.4 is 4.74 Å². The molecule has 1 rings (SSSR count). The van der Waals surface area contributed by atoms with E-state index in [1.165, 1.54) is 5.56 Å². The summed E-state index contributed by atoms with van der Waals surface area (Å²) in [7, 11) is 1.72. The Hall–Kier alpha value is -0.980. The van der Waals surface area contributed by atoms with Gasteiger partial charge in [-0.1, -0.05) is 45.9 Å². The maximum atomic E-state index is 5.25. The van der Waals surface area contributed by atoms with Gasteiger partial charge in [-0.15, -0.1) is 0 Å². The minimum absolute atomic E-state index is 0.682. The van der Waals surface area contributed by atoms with Crippen LogP contribution in [0.2, 0.25) is 0 Å². The van der Waals surface area contributed by atoms with Gasteiger partial charge in [-0.05, 0) is 24.0 Å². The number of para-hydroxylation sites is 1. The van der Waals surface area contributed by atoms with Crippen LogP contribution in [0.15, 0.2) is 24.3 Å². The van der Waals surface area contributed by atoms with Gasteiger partial charge in [-0.25, -0.2) is 0 Å². The number of rotatable bonds is 3. The van der Waals surface area contributed by atoms with Crippen molar-refractivity contribution in [1.29, 1.82) is 0 Å². The summed E-state index contributed by atoms with van der Waals surface area (Å²) in [6.07, 6.45) is 1.09. The lowest BCUT2D eigenvalue weighted by molar-refractivity contribution is 0.407. The first kappa shape index (κ1) is 13.0. The van der Waals surface area contributed by atoms with E-state index >= 15 is 0 Å². The number of methoxy groups -OCH3 is 1. The Labute approximate surface area is 88.1 Å². The second kappa shape index (κ2) is 7.43. The monoisotopic (exact) mass is 194 g/mol. The summed E-state index contributed by atoms with van der Waals surface area (Å²) in [4.78, 5) is 0. The van der Waals surface area contributed by atoms with E-state index in [-0.39, 0.29) is 0 Å². The zero-order valence-corrected chi connectivity index (χ0v) is 10.0. The fourth-order valence-electron chi connectivity index (χ4n) is 1.31. The van der Waals surface area contributed by atoms with Crippen molar-refractivity contribution in [2.45, 2.75) is 34.1 Å². The predicted octanol–water partition coefficient (Wildman–Crippen LogP) is 3.92. The predicted molar refractivity (Wildman–Crippen MR) is 62.9 cm³/mol. The van der Waals surface area contributed by atoms with Gasteiger partial charge in [-0.2, -0.15) is 0 Å². The second-order valence-electron chi connectivity index (χ2n) is 3.41. The van der Waals surface area contributed by atoms with Gasteiger partial charge in [-0.3, -0.25) is 0 Å². The van der Waals surface area contributed by atoms with Crippen molar-refractivity contribution >= 4 is 0 Å². The number of hydrogen-bond donors (Lipinski definition) is 0. The molecule has 1 nitrogen and oxygen atoms in total. The molecule has 80 valence electrons. The van der Waals surface area contributed by atoms with Crippen molar-refractivity contribution < 1.29 is 4.74 Å². The topological polar surface area (TPSA) is 9.23 Å². The summed E-state index contributed by atoms with van der Waals surface area (Å²) in [5.41, 5.74) is 1.30. The van der Waals surface area contributed by atoms with Crippen LogP contribution in [0.25, 0.3) is 0 Å². The van der Waals surface area contributed by atoms with Gasteiger partial charge in [0.15, 0.2) is 0 Å². The quantitative estimate of drug-likeness (QED) is 0.708. The van der Waals surface area contributed by atoms with Gasteiger partial charge in [0.1, 0.15) is 5.75 Å². The van der Waals surface area contributed by atoms with E-state index in [1.807, 2.05) is 26.0 Å². The molecule has 0 atom stereocenters. The van der Waals surface area contributed by atoms with Gasteiger partial charge < -0.3 is 4.74 Å². The van der Waals surface area contributed by atoms with E-state index in [1.54, 1.807) is 7.11 Å². The van der Waals surface area contributed by atoms with Gasteiger partial charge in [0.25, 0.3) is 0 Å². The first-order chi connectivity index (χ1) is 6.74. The van der Waals surface area contributed by atoms with Crippen molar-refractivity contribution in [3.05, 3.63) is 29.8 Å². The van der Waals surface area contributed by atoms with Crippen molar-refractivity contribution in [2.75, 3.05) is 7.11 Å². The maximum absolute atomic E-state index is 5.25. The minimum atomic E-state index is 0.682. The lowest BCUT2D eigenvalue weighted by Gasteiger charge is -2.09. The highest BCUT2D eigenvalue weighted by Gasteiger charge is 2.02. The third-order valence-electron chi connectivity index (χ3n) is 1.82. The smallest absolute Gasteiger partial charge is 0.122 e. The highest BCUT2D eigenvalue weighted by atomic mass is 16.5. The van der Waals surface area contributed by atoms with Crippen LogP contribution >= 0.6 is 0 Å². The Morgan fingerprint density at radius 1 is 1.14 bits per heavy atom. The number of hydrogen-bond acceptors (Lipinski definition) is 1. The molecule has 0 saturated carbocycles. The van der Waals surface area contributed by atoms with Crippen molar-refractivity contribution in [1.82, 2.24) is 0 Å². The van der Waals surface area contributed by atoms with Crippen LogP contribution in [0.5, 0.6) is 5.75 Å². The Bertz CT molecular complexity index is 241. The van der Waals surface area contributed by atoms with E-state index in [0.29, 0.717) is 5.92 Å². The number of ether oxygens (including phenoxy) is 1. The van der Waals surface area contributed by atoms with Crippen LogP contribution in [0.3, 0.4) is 0 Å². The van der Waals surface area contributed by atoms with E-state index in [4.69, 9.17) is 4.74 Å². The van der Waals surface area contributed by atoms with E-state index in [9.17, 15) is 0 Å². The van der Waals surface area contributed by atoms with Crippen molar-refractivity contribution in [2.24, 2.45) is 5.92 Å². The molecule has 0 heterocycles. The Morgan fingerprint density at radius 2 is 1.71 bits per heavy atom. The SMILES string of the molecule is CC.COc1ccccc1CC(C)C. The Morgan fingerprint density at radius 3 is 2.21 bits per heavy atom. The van der Waals surface area contributed by atoms with E-state index in [2.05, 4.69) is 26.0 Å². The zero-order valence-electron chi connectivity index (χ0n) is 10.0. The van der Waals surface area contributed by atoms with Crippen molar-refractivity contribution in [3.63, 3.8) is 0 Å². The Kier molecular flexibility index (Phi) is 6.91. The summed E-state index contributed by atoms with van der Waals surface area (Å²) in [5, 5.41) is 0. The summed E-state index contributed by atoms with van der Waals surface area (Å²) in [5.74, 6) is 1.69. The molecule has 0 spiro atoms. The van der Waals surface area contributed by atoms with E-state index in [0.717, 1.165) is 12.2 Å². The molecule has 0 unspecified atom stereocenters. The molecule has 0 aromatic heterocycles. The lowest BCUT2D eigenvalue weighted by Crippen LogP contribution is -1.97. The molecule has 0 aliphatic carbocycles. The van der Waals surface area contributed by atoms with Crippen LogP contribution in [0.1, 0.15) is 33.3 Å². The standard InChI is InChI=1S/C11H16O.C2H6/c1-9(2)8-10-6-4-5-7-11(10)12-3;1-2/h4-7,9H,8H2,1-3H3;1-2H3. The average molecular weight is 194 g/mol. The molecule has 0 aliphatic rings. The van der Waals surface area contributed by atoms with Crippen LogP contribution in [-0.4, -0.2) is 7.11 Å². The van der Waals surface area contributed by atoms with Crippen molar-refractivity contribution in [3.8, 4) is 5.75 Å². The normalized spacial score (nSPS) is 9.29. The van der Waals surface area contributed by atoms with Gasteiger partial charge in [0, 0.05) is 0 Å². The highest BCUT2D eigenvalue weighted by Crippen LogP contribution is 2.20. The fourth-order valence-corrected chi connectivity index (χ4v) is 1.31. The molecule has 1 aromatic carbocycles. The summed E-state index contributed by atoms with van der Waals surface area (Å²) in [6.45, 7) is 8.43. The molecular formula is C13H22O. The fraction of sp³-hybridized carbons (Fsp3) is 0.538. The summed E-state index contributed by atoms with van der Waals surface area (Å²) < 4.78 is 5.25. The molecule has 1 heteroatoms. The first-order valence-corrected chi connectivity index (χ1v) is 5.36. The molecule has 0 aliphatic heterocycles. The molecule has 1 aromatic rings. The molecule has 0 bridgehead atoms. The number of benzene rings is 1. The third-order valence-corrected chi connectivity index (χ3v) is 1.82. The molecule has 0 amide bonds. The summed E-state index contributed by atoms with van der Waals surface area (Å²) >= 11 is 0.